The van der Waals surface area contributed by atoms with Crippen LogP contribution < -0.4 is 10.2 Å². The molecule has 0 amide bonds. The normalized spacial score (nSPS) is 16.5. The highest BCUT2D eigenvalue weighted by Gasteiger charge is 2.20. The van der Waals surface area contributed by atoms with Crippen LogP contribution >= 0.6 is 22.9 Å². The van der Waals surface area contributed by atoms with Gasteiger partial charge in [-0.05, 0) is 31.0 Å². The van der Waals surface area contributed by atoms with E-state index < -0.39 is 0 Å². The Balaban J connectivity index is 2.19. The molecule has 1 aliphatic heterocycles. The molecule has 2 aromatic heterocycles. The van der Waals surface area contributed by atoms with E-state index in [1.54, 1.807) is 11.3 Å². The molecule has 3 heterocycles. The molecular weight excluding hydrogens is 268 g/mol. The van der Waals surface area contributed by atoms with Crippen molar-refractivity contribution < 1.29 is 0 Å². The lowest BCUT2D eigenvalue weighted by molar-refractivity contribution is 0.586. The zero-order valence-electron chi connectivity index (χ0n) is 10.5. The second-order valence-electron chi connectivity index (χ2n) is 4.52. The summed E-state index contributed by atoms with van der Waals surface area (Å²) in [6.07, 6.45) is 0. The van der Waals surface area contributed by atoms with E-state index in [1.165, 1.54) is 15.8 Å². The second kappa shape index (κ2) is 4.64. The van der Waals surface area contributed by atoms with Gasteiger partial charge in [0.05, 0.1) is 5.39 Å². The van der Waals surface area contributed by atoms with Crippen molar-refractivity contribution in [1.29, 1.82) is 0 Å². The summed E-state index contributed by atoms with van der Waals surface area (Å²) >= 11 is 7.74. The molecule has 1 N–H and O–H groups in total. The van der Waals surface area contributed by atoms with Crippen molar-refractivity contribution in [2.24, 2.45) is 0 Å². The SMILES string of the molecule is Cc1sc2nc(Cl)nc(N3CCNCC3)c2c1C. The summed E-state index contributed by atoms with van der Waals surface area (Å²) in [6.45, 7) is 8.18. The summed E-state index contributed by atoms with van der Waals surface area (Å²) < 4.78 is 0. The van der Waals surface area contributed by atoms with Crippen molar-refractivity contribution in [3.05, 3.63) is 15.7 Å². The van der Waals surface area contributed by atoms with E-state index in [0.717, 1.165) is 36.8 Å². The van der Waals surface area contributed by atoms with Gasteiger partial charge >= 0.3 is 0 Å². The Labute approximate surface area is 115 Å². The molecule has 0 atom stereocenters. The van der Waals surface area contributed by atoms with Crippen molar-refractivity contribution >= 4 is 39.0 Å². The van der Waals surface area contributed by atoms with Crippen molar-refractivity contribution in [3.63, 3.8) is 0 Å². The predicted octanol–water partition coefficient (Wildman–Crippen LogP) is 2.37. The molecule has 2 aromatic rings. The van der Waals surface area contributed by atoms with Crippen LogP contribution in [0.3, 0.4) is 0 Å². The summed E-state index contributed by atoms with van der Waals surface area (Å²) in [5, 5.41) is 4.87. The molecule has 0 aromatic carbocycles. The lowest BCUT2D eigenvalue weighted by atomic mass is 10.2. The first-order chi connectivity index (χ1) is 8.66. The van der Waals surface area contributed by atoms with E-state index in [9.17, 15) is 0 Å². The summed E-state index contributed by atoms with van der Waals surface area (Å²) in [5.41, 5.74) is 1.28. The second-order valence-corrected chi connectivity index (χ2v) is 6.06. The summed E-state index contributed by atoms with van der Waals surface area (Å²) in [5.74, 6) is 0.994. The van der Waals surface area contributed by atoms with Crippen LogP contribution in [0.5, 0.6) is 0 Å². The fourth-order valence-corrected chi connectivity index (χ4v) is 3.55. The molecule has 1 saturated heterocycles. The summed E-state index contributed by atoms with van der Waals surface area (Å²) in [6, 6.07) is 0. The number of nitrogens with one attached hydrogen (secondary N) is 1. The van der Waals surface area contributed by atoms with Crippen LogP contribution in [0.4, 0.5) is 5.82 Å². The van der Waals surface area contributed by atoms with Crippen LogP contribution in [-0.4, -0.2) is 36.1 Å². The molecule has 0 radical (unpaired) electrons. The highest BCUT2D eigenvalue weighted by molar-refractivity contribution is 7.18. The third-order valence-corrected chi connectivity index (χ3v) is 4.67. The van der Waals surface area contributed by atoms with Crippen molar-refractivity contribution in [2.75, 3.05) is 31.1 Å². The largest absolute Gasteiger partial charge is 0.353 e. The summed E-state index contributed by atoms with van der Waals surface area (Å²) in [7, 11) is 0. The smallest absolute Gasteiger partial charge is 0.225 e. The minimum absolute atomic E-state index is 0.345. The Kier molecular flexibility index (Phi) is 3.13. The first kappa shape index (κ1) is 12.1. The number of hydrogen-bond donors (Lipinski definition) is 1. The van der Waals surface area contributed by atoms with Gasteiger partial charge in [-0.3, -0.25) is 0 Å². The fourth-order valence-electron chi connectivity index (χ4n) is 2.31. The number of aromatic nitrogens is 2. The number of aryl methyl sites for hydroxylation is 2. The quantitative estimate of drug-likeness (QED) is 0.816. The molecule has 0 bridgehead atoms. The lowest BCUT2D eigenvalue weighted by Gasteiger charge is -2.29. The molecule has 0 aliphatic carbocycles. The minimum Gasteiger partial charge on any atom is -0.353 e. The topological polar surface area (TPSA) is 41.1 Å². The number of piperazine rings is 1. The number of halogens is 1. The Morgan fingerprint density at radius 2 is 1.94 bits per heavy atom. The Morgan fingerprint density at radius 3 is 2.67 bits per heavy atom. The standard InChI is InChI=1S/C12H15ClN4S/c1-7-8(2)18-11-9(7)10(15-12(13)16-11)17-5-3-14-4-6-17/h14H,3-6H2,1-2H3. The van der Waals surface area contributed by atoms with E-state index in [0.29, 0.717) is 5.28 Å². The van der Waals surface area contributed by atoms with E-state index in [2.05, 4.69) is 34.0 Å². The van der Waals surface area contributed by atoms with Gasteiger partial charge in [0.2, 0.25) is 5.28 Å². The van der Waals surface area contributed by atoms with Gasteiger partial charge in [-0.2, -0.15) is 4.98 Å². The van der Waals surface area contributed by atoms with E-state index >= 15 is 0 Å². The van der Waals surface area contributed by atoms with Crippen LogP contribution in [0.2, 0.25) is 5.28 Å². The third-order valence-electron chi connectivity index (χ3n) is 3.40. The van der Waals surface area contributed by atoms with Gasteiger partial charge in [-0.25, -0.2) is 4.98 Å². The average Bonchev–Trinajstić information content (AvgIpc) is 2.65. The predicted molar refractivity (Wildman–Crippen MR) is 77.0 cm³/mol. The number of fused-ring (bicyclic) bond motifs is 1. The number of thiophene rings is 1. The zero-order chi connectivity index (χ0) is 12.7. The number of anilines is 1. The Morgan fingerprint density at radius 1 is 1.22 bits per heavy atom. The van der Waals surface area contributed by atoms with Crippen LogP contribution in [0.1, 0.15) is 10.4 Å². The molecule has 0 unspecified atom stereocenters. The van der Waals surface area contributed by atoms with Gasteiger partial charge in [0, 0.05) is 31.1 Å². The molecule has 18 heavy (non-hydrogen) atoms. The molecule has 1 fully saturated rings. The first-order valence-corrected chi connectivity index (χ1v) is 7.25. The summed E-state index contributed by atoms with van der Waals surface area (Å²) in [4.78, 5) is 13.4. The van der Waals surface area contributed by atoms with Gasteiger partial charge in [-0.15, -0.1) is 11.3 Å². The van der Waals surface area contributed by atoms with Gasteiger partial charge in [0.15, 0.2) is 0 Å². The molecule has 0 spiro atoms. The van der Waals surface area contributed by atoms with Crippen molar-refractivity contribution in [3.8, 4) is 0 Å². The number of rotatable bonds is 1. The van der Waals surface area contributed by atoms with Gasteiger partial charge in [-0.1, -0.05) is 0 Å². The molecule has 4 nitrogen and oxygen atoms in total. The Bertz CT molecular complexity index is 589. The van der Waals surface area contributed by atoms with Gasteiger partial charge < -0.3 is 10.2 Å². The Hall–Kier alpha value is -0.910. The van der Waals surface area contributed by atoms with Crippen LogP contribution in [0.15, 0.2) is 0 Å². The highest BCUT2D eigenvalue weighted by Crippen LogP contribution is 2.35. The molecule has 96 valence electrons. The maximum absolute atomic E-state index is 6.05. The molecule has 1 aliphatic rings. The minimum atomic E-state index is 0.345. The number of hydrogen-bond acceptors (Lipinski definition) is 5. The molecule has 3 rings (SSSR count). The number of nitrogens with zero attached hydrogens (tertiary/aromatic N) is 3. The van der Waals surface area contributed by atoms with Crippen molar-refractivity contribution in [2.45, 2.75) is 13.8 Å². The van der Waals surface area contributed by atoms with Crippen LogP contribution in [-0.2, 0) is 0 Å². The molecular formula is C12H15ClN4S. The molecule has 0 saturated carbocycles. The van der Waals surface area contributed by atoms with Gasteiger partial charge in [0.1, 0.15) is 10.6 Å². The molecule has 6 heteroatoms. The van der Waals surface area contributed by atoms with E-state index in [-0.39, 0.29) is 0 Å². The first-order valence-electron chi connectivity index (χ1n) is 6.05. The van der Waals surface area contributed by atoms with Gasteiger partial charge in [0.25, 0.3) is 0 Å². The van der Waals surface area contributed by atoms with Crippen LogP contribution in [0, 0.1) is 13.8 Å². The maximum atomic E-state index is 6.05. The van der Waals surface area contributed by atoms with Crippen LogP contribution in [0.25, 0.3) is 10.2 Å². The fraction of sp³-hybridized carbons (Fsp3) is 0.500. The average molecular weight is 283 g/mol. The maximum Gasteiger partial charge on any atom is 0.225 e. The van der Waals surface area contributed by atoms with E-state index in [4.69, 9.17) is 11.6 Å². The highest BCUT2D eigenvalue weighted by atomic mass is 35.5. The van der Waals surface area contributed by atoms with Crippen molar-refractivity contribution in [1.82, 2.24) is 15.3 Å². The van der Waals surface area contributed by atoms with E-state index in [1.807, 2.05) is 0 Å². The lowest BCUT2D eigenvalue weighted by Crippen LogP contribution is -2.44. The third kappa shape index (κ3) is 1.96. The monoisotopic (exact) mass is 282 g/mol. The zero-order valence-corrected chi connectivity index (χ0v) is 12.0.